The van der Waals surface area contributed by atoms with Crippen molar-refractivity contribution in [3.63, 3.8) is 0 Å². The van der Waals surface area contributed by atoms with E-state index < -0.39 is 15.9 Å². The smallest absolute Gasteiger partial charge is 0.179 e. The van der Waals surface area contributed by atoms with Gasteiger partial charge < -0.3 is 14.7 Å². The van der Waals surface area contributed by atoms with E-state index in [1.807, 2.05) is 32.8 Å². The first-order chi connectivity index (χ1) is 9.12. The predicted molar refractivity (Wildman–Crippen MR) is 78.8 cm³/mol. The number of hydrogen-bond acceptors (Lipinski definition) is 5. The van der Waals surface area contributed by atoms with Crippen LogP contribution in [0, 0.1) is 0 Å². The zero-order valence-electron chi connectivity index (χ0n) is 12.6. The number of aliphatic hydroxyl groups excluding tert-OH is 1. The van der Waals surface area contributed by atoms with E-state index in [1.54, 1.807) is 12.1 Å². The second-order valence-electron chi connectivity index (χ2n) is 5.39. The first kappa shape index (κ1) is 16.9. The molecule has 0 heterocycles. The van der Waals surface area contributed by atoms with Crippen LogP contribution < -0.4 is 4.74 Å². The molecule has 1 rings (SSSR count). The van der Waals surface area contributed by atoms with E-state index in [0.717, 1.165) is 6.26 Å². The number of ether oxygens (including phenoxy) is 1. The van der Waals surface area contributed by atoms with E-state index in [1.165, 1.54) is 6.07 Å². The largest absolute Gasteiger partial charge is 0.489 e. The Balaban J connectivity index is 3.36. The van der Waals surface area contributed by atoms with Crippen molar-refractivity contribution in [1.82, 2.24) is 4.90 Å². The van der Waals surface area contributed by atoms with E-state index >= 15 is 0 Å². The quantitative estimate of drug-likeness (QED) is 0.862. The number of benzene rings is 1. The summed E-state index contributed by atoms with van der Waals surface area (Å²) in [5, 5.41) is 10.3. The Morgan fingerprint density at radius 3 is 2.35 bits per heavy atom. The Hall–Kier alpha value is -1.11. The number of hydrogen-bond donors (Lipinski definition) is 1. The fraction of sp³-hybridized carbons (Fsp3) is 0.571. The molecule has 20 heavy (non-hydrogen) atoms. The molecule has 0 aliphatic rings. The summed E-state index contributed by atoms with van der Waals surface area (Å²) in [6, 6.07) is 4.82. The van der Waals surface area contributed by atoms with Crippen molar-refractivity contribution in [3.8, 4) is 5.75 Å². The van der Waals surface area contributed by atoms with Gasteiger partial charge in [0, 0.05) is 18.4 Å². The fourth-order valence-electron chi connectivity index (χ4n) is 1.89. The molecule has 0 aromatic heterocycles. The lowest BCUT2D eigenvalue weighted by Gasteiger charge is -2.22. The molecule has 0 amide bonds. The zero-order chi connectivity index (χ0) is 15.5. The topological polar surface area (TPSA) is 66.8 Å². The Morgan fingerprint density at radius 1 is 1.30 bits per heavy atom. The molecule has 1 N–H and O–H groups in total. The summed E-state index contributed by atoms with van der Waals surface area (Å²) in [6.07, 6.45) is 0.154. The summed E-state index contributed by atoms with van der Waals surface area (Å²) in [4.78, 5) is 1.94. The molecule has 114 valence electrons. The number of sulfone groups is 1. The van der Waals surface area contributed by atoms with Crippen LogP contribution in [0.3, 0.4) is 0 Å². The van der Waals surface area contributed by atoms with Crippen LogP contribution in [0.25, 0.3) is 0 Å². The van der Waals surface area contributed by atoms with E-state index in [0.29, 0.717) is 12.1 Å². The van der Waals surface area contributed by atoms with Gasteiger partial charge in [-0.1, -0.05) is 12.1 Å². The molecular formula is C14H23NO4S. The summed E-state index contributed by atoms with van der Waals surface area (Å²) in [5.41, 5.74) is 0.496. The highest BCUT2D eigenvalue weighted by atomic mass is 32.2. The third-order valence-corrected chi connectivity index (χ3v) is 3.78. The van der Waals surface area contributed by atoms with Crippen LogP contribution in [0.2, 0.25) is 0 Å². The van der Waals surface area contributed by atoms with Crippen LogP contribution in [0.4, 0.5) is 0 Å². The number of aliphatic hydroxyl groups is 1. The van der Waals surface area contributed by atoms with Crippen molar-refractivity contribution >= 4 is 9.84 Å². The molecule has 0 radical (unpaired) electrons. The van der Waals surface area contributed by atoms with E-state index in [4.69, 9.17) is 4.74 Å². The monoisotopic (exact) mass is 301 g/mol. The van der Waals surface area contributed by atoms with Crippen molar-refractivity contribution in [2.75, 3.05) is 26.9 Å². The number of para-hydroxylation sites is 1. The van der Waals surface area contributed by atoms with Crippen LogP contribution in [-0.4, -0.2) is 51.4 Å². The SMILES string of the molecule is CC(C)Oc1c(C(O)CN(C)C)cccc1S(C)(=O)=O. The maximum Gasteiger partial charge on any atom is 0.179 e. The molecular weight excluding hydrogens is 278 g/mol. The molecule has 0 bridgehead atoms. The molecule has 0 aliphatic carbocycles. The maximum atomic E-state index is 11.9. The Labute approximate surface area is 121 Å². The van der Waals surface area contributed by atoms with Gasteiger partial charge in [-0.15, -0.1) is 0 Å². The third kappa shape index (κ3) is 4.47. The Kier molecular flexibility index (Phi) is 5.56. The van der Waals surface area contributed by atoms with Gasteiger partial charge in [-0.25, -0.2) is 8.42 Å². The van der Waals surface area contributed by atoms with Crippen molar-refractivity contribution < 1.29 is 18.3 Å². The molecule has 0 saturated heterocycles. The highest BCUT2D eigenvalue weighted by Gasteiger charge is 2.23. The van der Waals surface area contributed by atoms with Crippen LogP contribution >= 0.6 is 0 Å². The molecule has 0 spiro atoms. The van der Waals surface area contributed by atoms with Gasteiger partial charge >= 0.3 is 0 Å². The lowest BCUT2D eigenvalue weighted by molar-refractivity contribution is 0.130. The summed E-state index contributed by atoms with van der Waals surface area (Å²) in [6.45, 7) is 4.03. The normalized spacial score (nSPS) is 13.8. The number of likely N-dealkylation sites (N-methyl/N-ethyl adjacent to an activating group) is 1. The zero-order valence-corrected chi connectivity index (χ0v) is 13.4. The minimum atomic E-state index is -3.41. The molecule has 1 unspecified atom stereocenters. The lowest BCUT2D eigenvalue weighted by atomic mass is 10.1. The highest BCUT2D eigenvalue weighted by Crippen LogP contribution is 2.33. The van der Waals surface area contributed by atoms with E-state index in [9.17, 15) is 13.5 Å². The van der Waals surface area contributed by atoms with Crippen LogP contribution in [0.15, 0.2) is 23.1 Å². The summed E-state index contributed by atoms with van der Waals surface area (Å²) >= 11 is 0. The van der Waals surface area contributed by atoms with Crippen molar-refractivity contribution in [3.05, 3.63) is 23.8 Å². The van der Waals surface area contributed by atoms with Gasteiger partial charge in [-0.3, -0.25) is 0 Å². The van der Waals surface area contributed by atoms with Crippen LogP contribution in [0.1, 0.15) is 25.5 Å². The first-order valence-electron chi connectivity index (χ1n) is 6.45. The second kappa shape index (κ2) is 6.56. The summed E-state index contributed by atoms with van der Waals surface area (Å²) in [5.74, 6) is 0.249. The Bertz CT molecular complexity index is 552. The average molecular weight is 301 g/mol. The molecule has 1 atom stereocenters. The maximum absolute atomic E-state index is 11.9. The van der Waals surface area contributed by atoms with Gasteiger partial charge in [-0.05, 0) is 34.0 Å². The molecule has 0 saturated carbocycles. The molecule has 0 aliphatic heterocycles. The second-order valence-corrected chi connectivity index (χ2v) is 7.38. The van der Waals surface area contributed by atoms with E-state index in [-0.39, 0.29) is 16.7 Å². The molecule has 0 fully saturated rings. The fourth-order valence-corrected chi connectivity index (χ4v) is 2.72. The minimum Gasteiger partial charge on any atom is -0.489 e. The van der Waals surface area contributed by atoms with Gasteiger partial charge in [0.2, 0.25) is 0 Å². The van der Waals surface area contributed by atoms with Crippen LogP contribution in [0.5, 0.6) is 5.75 Å². The van der Waals surface area contributed by atoms with Crippen molar-refractivity contribution in [2.24, 2.45) is 0 Å². The van der Waals surface area contributed by atoms with Crippen molar-refractivity contribution in [2.45, 2.75) is 31.0 Å². The first-order valence-corrected chi connectivity index (χ1v) is 8.34. The van der Waals surface area contributed by atoms with Gasteiger partial charge in [0.15, 0.2) is 9.84 Å². The highest BCUT2D eigenvalue weighted by molar-refractivity contribution is 7.90. The Morgan fingerprint density at radius 2 is 1.90 bits per heavy atom. The van der Waals surface area contributed by atoms with Crippen LogP contribution in [-0.2, 0) is 9.84 Å². The molecule has 1 aromatic carbocycles. The average Bonchev–Trinajstić information content (AvgIpc) is 2.25. The summed E-state index contributed by atoms with van der Waals surface area (Å²) in [7, 11) is 0.266. The van der Waals surface area contributed by atoms with Gasteiger partial charge in [0.25, 0.3) is 0 Å². The third-order valence-electron chi connectivity index (χ3n) is 2.66. The minimum absolute atomic E-state index is 0.113. The molecule has 5 nitrogen and oxygen atoms in total. The van der Waals surface area contributed by atoms with Gasteiger partial charge in [-0.2, -0.15) is 0 Å². The molecule has 6 heteroatoms. The molecule has 1 aromatic rings. The predicted octanol–water partition coefficient (Wildman–Crippen LogP) is 1.47. The number of rotatable bonds is 6. The standard InChI is InChI=1S/C14H23NO4S/c1-10(2)19-14-11(12(16)9-15(3)4)7-6-8-13(14)20(5,17)18/h6-8,10,12,16H,9H2,1-5H3. The van der Waals surface area contributed by atoms with E-state index in [2.05, 4.69) is 0 Å². The van der Waals surface area contributed by atoms with Gasteiger partial charge in [0.1, 0.15) is 10.6 Å². The van der Waals surface area contributed by atoms with Crippen molar-refractivity contribution in [1.29, 1.82) is 0 Å². The van der Waals surface area contributed by atoms with Gasteiger partial charge in [0.05, 0.1) is 12.2 Å². The lowest BCUT2D eigenvalue weighted by Crippen LogP contribution is -2.21. The summed E-state index contributed by atoms with van der Waals surface area (Å²) < 4.78 is 29.4. The number of nitrogens with zero attached hydrogens (tertiary/aromatic N) is 1.